The quantitative estimate of drug-likeness (QED) is 0.154. The van der Waals surface area contributed by atoms with Crippen molar-refractivity contribution in [3.8, 4) is 78.0 Å². The maximum atomic E-state index is 5.00. The summed E-state index contributed by atoms with van der Waals surface area (Å²) in [5.41, 5.74) is 17.8. The van der Waals surface area contributed by atoms with Gasteiger partial charge in [0.2, 0.25) is 0 Å². The van der Waals surface area contributed by atoms with E-state index in [9.17, 15) is 0 Å². The van der Waals surface area contributed by atoms with Crippen molar-refractivity contribution in [3.63, 3.8) is 0 Å². The van der Waals surface area contributed by atoms with Gasteiger partial charge in [0.25, 0.3) is 0 Å². The maximum Gasteiger partial charge on any atom is 0.0780 e. The minimum absolute atomic E-state index is 0.406. The fourth-order valence-corrected chi connectivity index (χ4v) is 8.00. The zero-order chi connectivity index (χ0) is 37.1. The first-order chi connectivity index (χ1) is 27.1. The lowest BCUT2D eigenvalue weighted by atomic mass is 9.86. The van der Waals surface area contributed by atoms with Crippen LogP contribution in [0.3, 0.4) is 0 Å². The Morgan fingerprint density at radius 1 is 0.309 bits per heavy atom. The molecule has 0 saturated heterocycles. The minimum Gasteiger partial charge on any atom is -0.255 e. The molecule has 1 heterocycles. The van der Waals surface area contributed by atoms with Crippen molar-refractivity contribution in [2.24, 2.45) is 0 Å². The summed E-state index contributed by atoms with van der Waals surface area (Å²) >= 11 is 0. The third kappa shape index (κ3) is 6.66. The number of benzene rings is 8. The van der Waals surface area contributed by atoms with Gasteiger partial charge in [0.1, 0.15) is 0 Å². The molecule has 0 fully saturated rings. The highest BCUT2D eigenvalue weighted by Gasteiger charge is 2.17. The van der Waals surface area contributed by atoms with E-state index in [1.807, 2.05) is 0 Å². The van der Waals surface area contributed by atoms with Gasteiger partial charge in [0, 0.05) is 17.1 Å². The molecule has 1 heteroatoms. The monoisotopic (exact) mass is 703 g/mol. The largest absolute Gasteiger partial charge is 0.255 e. The lowest BCUT2D eigenvalue weighted by Gasteiger charge is -2.18. The topological polar surface area (TPSA) is 12.9 Å². The van der Waals surface area contributed by atoms with Gasteiger partial charge in [-0.3, -0.25) is 4.98 Å². The van der Waals surface area contributed by atoms with Crippen molar-refractivity contribution >= 4 is 10.8 Å². The van der Waals surface area contributed by atoms with E-state index in [2.05, 4.69) is 220 Å². The third-order valence-corrected chi connectivity index (χ3v) is 10.7. The molecule has 0 aliphatic rings. The molecule has 0 unspecified atom stereocenters. The number of hydrogen-bond acceptors (Lipinski definition) is 1. The van der Waals surface area contributed by atoms with Crippen LogP contribution in [0.5, 0.6) is 0 Å². The first kappa shape index (κ1) is 34.0. The first-order valence-electron chi connectivity index (χ1n) is 19.1. The molecule has 9 rings (SSSR count). The van der Waals surface area contributed by atoms with Crippen molar-refractivity contribution < 1.29 is 0 Å². The van der Waals surface area contributed by atoms with Crippen LogP contribution in [-0.4, -0.2) is 4.98 Å². The molecule has 1 aromatic heterocycles. The standard InChI is InChI=1S/C54H41N/c1-37(2)53-36-55-54(52-28-16-15-27-51(52)53)41-31-29-40(30-32-41)47-23-11-14-26-50(47)44-34-42(48-24-12-9-21-45(48)38-17-5-3-6-18-38)33-43(35-44)49-25-13-10-22-46(49)39-19-7-4-8-20-39/h3-37H,1-2H3. The summed E-state index contributed by atoms with van der Waals surface area (Å²) in [5, 5.41) is 2.47. The van der Waals surface area contributed by atoms with E-state index >= 15 is 0 Å². The van der Waals surface area contributed by atoms with Gasteiger partial charge in [-0.25, -0.2) is 0 Å². The average Bonchev–Trinajstić information content (AvgIpc) is 3.26. The number of hydrogen-bond donors (Lipinski definition) is 0. The molecule has 0 atom stereocenters. The normalized spacial score (nSPS) is 11.3. The van der Waals surface area contributed by atoms with Crippen LogP contribution in [0.15, 0.2) is 206 Å². The van der Waals surface area contributed by atoms with E-state index in [-0.39, 0.29) is 0 Å². The SMILES string of the molecule is CC(C)c1cnc(-c2ccc(-c3ccccc3-c3cc(-c4ccccc4-c4ccccc4)cc(-c4ccccc4-c4ccccc4)c3)cc2)c2ccccc12. The second-order valence-electron chi connectivity index (χ2n) is 14.5. The molecule has 0 aliphatic heterocycles. The summed E-state index contributed by atoms with van der Waals surface area (Å²) in [7, 11) is 0. The van der Waals surface area contributed by atoms with Gasteiger partial charge in [-0.15, -0.1) is 0 Å². The van der Waals surface area contributed by atoms with Crippen molar-refractivity contribution in [1.82, 2.24) is 4.98 Å². The zero-order valence-electron chi connectivity index (χ0n) is 31.2. The van der Waals surface area contributed by atoms with Gasteiger partial charge in [-0.1, -0.05) is 196 Å². The van der Waals surface area contributed by atoms with Crippen LogP contribution in [0, 0.1) is 0 Å². The van der Waals surface area contributed by atoms with Crippen molar-refractivity contribution in [2.75, 3.05) is 0 Å². The van der Waals surface area contributed by atoms with Crippen LogP contribution < -0.4 is 0 Å². The average molecular weight is 704 g/mol. The highest BCUT2D eigenvalue weighted by molar-refractivity contribution is 5.98. The molecule has 0 N–H and O–H groups in total. The molecule has 0 amide bonds. The molecule has 8 aromatic carbocycles. The van der Waals surface area contributed by atoms with Gasteiger partial charge >= 0.3 is 0 Å². The van der Waals surface area contributed by atoms with Crippen molar-refractivity contribution in [3.05, 3.63) is 212 Å². The predicted molar refractivity (Wildman–Crippen MR) is 234 cm³/mol. The third-order valence-electron chi connectivity index (χ3n) is 10.7. The summed E-state index contributed by atoms with van der Waals surface area (Å²) in [5.74, 6) is 0.406. The lowest BCUT2D eigenvalue weighted by Crippen LogP contribution is -1.95. The van der Waals surface area contributed by atoms with E-state index in [4.69, 9.17) is 4.98 Å². The molecule has 0 bridgehead atoms. The second-order valence-corrected chi connectivity index (χ2v) is 14.5. The molecule has 55 heavy (non-hydrogen) atoms. The minimum atomic E-state index is 0.406. The van der Waals surface area contributed by atoms with Gasteiger partial charge in [-0.2, -0.15) is 0 Å². The molecule has 262 valence electrons. The molecule has 0 radical (unpaired) electrons. The molecular formula is C54H41N. The molecule has 9 aromatic rings. The van der Waals surface area contributed by atoms with Crippen LogP contribution in [0.1, 0.15) is 25.3 Å². The van der Waals surface area contributed by atoms with Crippen LogP contribution in [0.25, 0.3) is 88.8 Å². The smallest absolute Gasteiger partial charge is 0.0780 e. The molecule has 0 saturated carbocycles. The summed E-state index contributed by atoms with van der Waals surface area (Å²) in [6.07, 6.45) is 2.06. The highest BCUT2D eigenvalue weighted by atomic mass is 14.7. The molecule has 0 spiro atoms. The maximum absolute atomic E-state index is 5.00. The molecular weight excluding hydrogens is 663 g/mol. The Labute approximate surface area is 324 Å². The Hall–Kier alpha value is -6.83. The van der Waals surface area contributed by atoms with E-state index in [1.54, 1.807) is 0 Å². The van der Waals surface area contributed by atoms with Crippen molar-refractivity contribution in [1.29, 1.82) is 0 Å². The van der Waals surface area contributed by atoms with Crippen LogP contribution >= 0.6 is 0 Å². The molecule has 0 aliphatic carbocycles. The fraction of sp³-hybridized carbons (Fsp3) is 0.0556. The van der Waals surface area contributed by atoms with Crippen LogP contribution in [0.4, 0.5) is 0 Å². The van der Waals surface area contributed by atoms with E-state index in [0.29, 0.717) is 5.92 Å². The number of fused-ring (bicyclic) bond motifs is 1. The number of aromatic nitrogens is 1. The Kier molecular flexibility index (Phi) is 9.20. The number of nitrogens with zero attached hydrogens (tertiary/aromatic N) is 1. The Bertz CT molecular complexity index is 2660. The Morgan fingerprint density at radius 3 is 1.05 bits per heavy atom. The Morgan fingerprint density at radius 2 is 0.636 bits per heavy atom. The molecule has 1 nitrogen and oxygen atoms in total. The highest BCUT2D eigenvalue weighted by Crippen LogP contribution is 2.42. The van der Waals surface area contributed by atoms with Gasteiger partial charge in [-0.05, 0) is 102 Å². The summed E-state index contributed by atoms with van der Waals surface area (Å²) < 4.78 is 0. The fourth-order valence-electron chi connectivity index (χ4n) is 8.00. The van der Waals surface area contributed by atoms with Crippen molar-refractivity contribution in [2.45, 2.75) is 19.8 Å². The second kappa shape index (κ2) is 14.9. The van der Waals surface area contributed by atoms with Crippen LogP contribution in [0.2, 0.25) is 0 Å². The van der Waals surface area contributed by atoms with Gasteiger partial charge in [0.15, 0.2) is 0 Å². The summed E-state index contributed by atoms with van der Waals surface area (Å²) in [6, 6.07) is 72.5. The number of pyridine rings is 1. The Balaban J connectivity index is 1.20. The summed E-state index contributed by atoms with van der Waals surface area (Å²) in [4.78, 5) is 5.00. The number of rotatable bonds is 8. The van der Waals surface area contributed by atoms with E-state index < -0.39 is 0 Å². The zero-order valence-corrected chi connectivity index (χ0v) is 31.2. The predicted octanol–water partition coefficient (Wildman–Crippen LogP) is 15.0. The summed E-state index contributed by atoms with van der Waals surface area (Å²) in [6.45, 7) is 4.47. The van der Waals surface area contributed by atoms with E-state index in [0.717, 1.165) is 11.3 Å². The van der Waals surface area contributed by atoms with Gasteiger partial charge < -0.3 is 0 Å². The van der Waals surface area contributed by atoms with Gasteiger partial charge in [0.05, 0.1) is 5.69 Å². The van der Waals surface area contributed by atoms with E-state index in [1.165, 1.54) is 83.1 Å². The van der Waals surface area contributed by atoms with Crippen LogP contribution in [-0.2, 0) is 0 Å². The lowest BCUT2D eigenvalue weighted by molar-refractivity contribution is 0.869. The first-order valence-corrected chi connectivity index (χ1v) is 19.1.